The number of benzene rings is 1. The first-order chi connectivity index (χ1) is 15.7. The van der Waals surface area contributed by atoms with Crippen molar-refractivity contribution in [3.05, 3.63) is 35.9 Å². The summed E-state index contributed by atoms with van der Waals surface area (Å²) in [6, 6.07) is 6.64. The number of aliphatic hydroxyl groups is 3. The second-order valence-corrected chi connectivity index (χ2v) is 7.15. The molecule has 1 rings (SSSR count). The average Bonchev–Trinajstić information content (AvgIpc) is 2.78. The van der Waals surface area contributed by atoms with E-state index in [9.17, 15) is 14.4 Å². The summed E-state index contributed by atoms with van der Waals surface area (Å²) in [4.78, 5) is 30.3. The van der Waals surface area contributed by atoms with Gasteiger partial charge in [-0.2, -0.15) is 0 Å². The van der Waals surface area contributed by atoms with Crippen LogP contribution in [-0.4, -0.2) is 92.0 Å². The van der Waals surface area contributed by atoms with E-state index in [-0.39, 0.29) is 6.61 Å². The molecule has 0 aromatic heterocycles. The lowest BCUT2D eigenvalue weighted by Gasteiger charge is -2.06. The van der Waals surface area contributed by atoms with E-state index < -0.39 is 48.2 Å². The summed E-state index contributed by atoms with van der Waals surface area (Å²) in [6.07, 6.45) is -0.0161. The second kappa shape index (κ2) is 22.2. The van der Waals surface area contributed by atoms with Gasteiger partial charge in [0, 0.05) is 0 Å². The lowest BCUT2D eigenvalue weighted by atomic mass is 10.1. The second-order valence-electron chi connectivity index (χ2n) is 7.15. The predicted octanol–water partition coefficient (Wildman–Crippen LogP) is -2.08. The Labute approximate surface area is 199 Å². The molecule has 0 aliphatic rings. The number of carboxylic acids is 3. The van der Waals surface area contributed by atoms with Crippen molar-refractivity contribution in [2.24, 2.45) is 22.9 Å². The van der Waals surface area contributed by atoms with Crippen molar-refractivity contribution in [2.75, 3.05) is 13.2 Å². The molecular formula is C21H40N4O9. The number of carboxylic acid groups (broad SMARTS) is 3. The monoisotopic (exact) mass is 492 g/mol. The fourth-order valence-corrected chi connectivity index (χ4v) is 1.62. The van der Waals surface area contributed by atoms with Crippen LogP contribution in [0, 0.1) is 0 Å². The third kappa shape index (κ3) is 24.0. The van der Waals surface area contributed by atoms with E-state index in [0.29, 0.717) is 25.8 Å². The van der Waals surface area contributed by atoms with Crippen molar-refractivity contribution in [1.82, 2.24) is 0 Å². The summed E-state index contributed by atoms with van der Waals surface area (Å²) >= 11 is 0. The number of aliphatic carboxylic acids is 3. The van der Waals surface area contributed by atoms with E-state index in [4.69, 9.17) is 53.6 Å². The maximum atomic E-state index is 10.4. The van der Waals surface area contributed by atoms with Crippen molar-refractivity contribution < 1.29 is 45.0 Å². The van der Waals surface area contributed by atoms with Gasteiger partial charge in [-0.05, 0) is 45.2 Å². The van der Waals surface area contributed by atoms with Crippen LogP contribution in [0.2, 0.25) is 0 Å². The van der Waals surface area contributed by atoms with Gasteiger partial charge in [-0.1, -0.05) is 30.3 Å². The molecule has 14 N–H and O–H groups in total. The first kappa shape index (κ1) is 35.9. The number of aliphatic hydroxyl groups excluding tert-OH is 3. The normalized spacial score (nSPS) is 14.1. The van der Waals surface area contributed by atoms with E-state index in [1.54, 1.807) is 0 Å². The highest BCUT2D eigenvalue weighted by atomic mass is 16.4. The molecule has 0 bridgehead atoms. The van der Waals surface area contributed by atoms with E-state index in [0.717, 1.165) is 5.56 Å². The molecular weight excluding hydrogens is 452 g/mol. The van der Waals surface area contributed by atoms with Crippen molar-refractivity contribution >= 4 is 17.9 Å². The summed E-state index contributed by atoms with van der Waals surface area (Å²) in [6.45, 7) is 3.22. The molecule has 13 heteroatoms. The lowest BCUT2D eigenvalue weighted by molar-refractivity contribution is -0.141. The van der Waals surface area contributed by atoms with Gasteiger partial charge in [0.15, 0.2) is 0 Å². The highest BCUT2D eigenvalue weighted by Crippen LogP contribution is 2.01. The first-order valence-corrected chi connectivity index (χ1v) is 10.4. The molecule has 0 heterocycles. The molecule has 0 aliphatic carbocycles. The minimum absolute atomic E-state index is 0.139. The molecule has 5 atom stereocenters. The van der Waals surface area contributed by atoms with Gasteiger partial charge in [-0.3, -0.25) is 14.4 Å². The minimum atomic E-state index is -1.18. The van der Waals surface area contributed by atoms with Crippen LogP contribution in [0.5, 0.6) is 0 Å². The Morgan fingerprint density at radius 2 is 1.29 bits per heavy atom. The van der Waals surface area contributed by atoms with Crippen LogP contribution in [-0.2, 0) is 20.8 Å². The number of hydrogen-bond donors (Lipinski definition) is 10. The predicted molar refractivity (Wildman–Crippen MR) is 126 cm³/mol. The van der Waals surface area contributed by atoms with Gasteiger partial charge in [0.2, 0.25) is 0 Å². The minimum Gasteiger partial charge on any atom is -0.480 e. The Kier molecular flexibility index (Phi) is 23.4. The highest BCUT2D eigenvalue weighted by Gasteiger charge is 2.16. The largest absolute Gasteiger partial charge is 0.480 e. The van der Waals surface area contributed by atoms with E-state index in [1.165, 1.54) is 13.8 Å². The molecule has 1 aromatic rings. The van der Waals surface area contributed by atoms with Gasteiger partial charge in [0.05, 0.1) is 18.8 Å². The van der Waals surface area contributed by atoms with Crippen molar-refractivity contribution in [3.8, 4) is 0 Å². The van der Waals surface area contributed by atoms with Gasteiger partial charge >= 0.3 is 17.9 Å². The molecule has 34 heavy (non-hydrogen) atoms. The van der Waals surface area contributed by atoms with Gasteiger partial charge in [-0.25, -0.2) is 0 Å². The molecule has 0 amide bonds. The Morgan fingerprint density at radius 3 is 1.56 bits per heavy atom. The summed E-state index contributed by atoms with van der Waals surface area (Å²) in [5.74, 6) is -3.10. The lowest BCUT2D eigenvalue weighted by Crippen LogP contribution is -2.39. The fraction of sp³-hybridized carbons (Fsp3) is 0.571. The highest BCUT2D eigenvalue weighted by molar-refractivity contribution is 5.74. The zero-order chi connectivity index (χ0) is 27.3. The van der Waals surface area contributed by atoms with Crippen molar-refractivity contribution in [2.45, 2.75) is 63.4 Å². The van der Waals surface area contributed by atoms with Crippen LogP contribution in [0.4, 0.5) is 0 Å². The SMILES string of the molecule is CC(O)C(N)C(=O)O.CC(O)CO.NC(Cc1ccccc1)C(=O)O.NCCCC(N)C(=O)O. The standard InChI is InChI=1S/C9H11NO2.C5H12N2O2.C4H9NO3.C3H8O2/c10-8(9(11)12)6-7-4-2-1-3-5-7;6-3-1-2-4(7)5(8)9;1-2(6)3(5)4(7)8;1-3(5)2-4/h1-5,8H,6,10H2,(H,11,12);4H,1-3,6-7H2,(H,8,9);2-3,6H,5H2,1H3,(H,7,8);3-5H,2H2,1H3. The number of nitrogens with two attached hydrogens (primary N) is 4. The quantitative estimate of drug-likeness (QED) is 0.168. The van der Waals surface area contributed by atoms with Crippen LogP contribution in [0.3, 0.4) is 0 Å². The Balaban J connectivity index is -0.000000395. The summed E-state index contributed by atoms with van der Waals surface area (Å²) in [5, 5.41) is 49.3. The molecule has 198 valence electrons. The Bertz CT molecular complexity index is 661. The topological polar surface area (TPSA) is 277 Å². The summed E-state index contributed by atoms with van der Waals surface area (Å²) < 4.78 is 0. The van der Waals surface area contributed by atoms with E-state index in [2.05, 4.69) is 0 Å². The van der Waals surface area contributed by atoms with Crippen LogP contribution >= 0.6 is 0 Å². The van der Waals surface area contributed by atoms with Crippen molar-refractivity contribution in [3.63, 3.8) is 0 Å². The Morgan fingerprint density at radius 1 is 0.853 bits per heavy atom. The number of rotatable bonds is 10. The number of hydrogen-bond acceptors (Lipinski definition) is 10. The molecule has 0 saturated carbocycles. The van der Waals surface area contributed by atoms with E-state index in [1.807, 2.05) is 30.3 Å². The molecule has 5 unspecified atom stereocenters. The molecule has 1 aromatic carbocycles. The summed E-state index contributed by atoms with van der Waals surface area (Å²) in [5.41, 5.74) is 21.5. The van der Waals surface area contributed by atoms with E-state index >= 15 is 0 Å². The molecule has 13 nitrogen and oxygen atoms in total. The van der Waals surface area contributed by atoms with Gasteiger partial charge in [-0.15, -0.1) is 0 Å². The smallest absolute Gasteiger partial charge is 0.323 e. The fourth-order valence-electron chi connectivity index (χ4n) is 1.62. The zero-order valence-electron chi connectivity index (χ0n) is 19.5. The van der Waals surface area contributed by atoms with Crippen LogP contribution in [0.15, 0.2) is 30.3 Å². The van der Waals surface area contributed by atoms with Crippen LogP contribution in [0.1, 0.15) is 32.3 Å². The molecule has 0 spiro atoms. The summed E-state index contributed by atoms with van der Waals surface area (Å²) in [7, 11) is 0. The molecule has 0 radical (unpaired) electrons. The Hall–Kier alpha value is -2.65. The third-order valence-electron chi connectivity index (χ3n) is 3.72. The third-order valence-corrected chi connectivity index (χ3v) is 3.72. The van der Waals surface area contributed by atoms with Gasteiger partial charge < -0.3 is 53.6 Å². The molecule has 0 saturated heterocycles. The van der Waals surface area contributed by atoms with Gasteiger partial charge in [0.25, 0.3) is 0 Å². The molecule has 0 aliphatic heterocycles. The maximum absolute atomic E-state index is 10.4. The van der Waals surface area contributed by atoms with Crippen molar-refractivity contribution in [1.29, 1.82) is 0 Å². The average molecular weight is 493 g/mol. The maximum Gasteiger partial charge on any atom is 0.323 e. The molecule has 0 fully saturated rings. The number of carbonyl (C=O) groups is 3. The first-order valence-electron chi connectivity index (χ1n) is 10.4. The van der Waals surface area contributed by atoms with Crippen LogP contribution < -0.4 is 22.9 Å². The van der Waals surface area contributed by atoms with Gasteiger partial charge in [0.1, 0.15) is 18.1 Å². The van der Waals surface area contributed by atoms with Crippen LogP contribution in [0.25, 0.3) is 0 Å². The zero-order valence-corrected chi connectivity index (χ0v) is 19.5.